The highest BCUT2D eigenvalue weighted by Gasteiger charge is 2.04. The maximum absolute atomic E-state index is 11.7. The van der Waals surface area contributed by atoms with E-state index in [0.717, 1.165) is 11.3 Å². The fourth-order valence-corrected chi connectivity index (χ4v) is 1.41. The molecule has 0 unspecified atom stereocenters. The second-order valence-electron chi connectivity index (χ2n) is 3.66. The Labute approximate surface area is 99.7 Å². The number of rotatable bonds is 3. The second-order valence-corrected chi connectivity index (χ2v) is 3.66. The van der Waals surface area contributed by atoms with Crippen molar-refractivity contribution in [3.05, 3.63) is 59.9 Å². The predicted octanol–water partition coefficient (Wildman–Crippen LogP) is 2.15. The maximum Gasteiger partial charge on any atom is 0.288 e. The van der Waals surface area contributed by atoms with Crippen molar-refractivity contribution in [3.8, 4) is 0 Å². The largest absolute Gasteiger partial charge is 0.298 e. The second kappa shape index (κ2) is 5.12. The molecule has 4 nitrogen and oxygen atoms in total. The standard InChI is InChI=1S/C13H13N3O/c1-10-5-4-6-11(9-10)15-16-13(17)12-7-2-3-8-14-12/h2-9,15H,1H3,(H,16,17). The van der Waals surface area contributed by atoms with Gasteiger partial charge in [-0.1, -0.05) is 18.2 Å². The van der Waals surface area contributed by atoms with Crippen molar-refractivity contribution in [2.75, 3.05) is 5.43 Å². The number of benzene rings is 1. The van der Waals surface area contributed by atoms with Gasteiger partial charge in [0, 0.05) is 6.20 Å². The Kier molecular flexibility index (Phi) is 3.35. The van der Waals surface area contributed by atoms with E-state index < -0.39 is 0 Å². The summed E-state index contributed by atoms with van der Waals surface area (Å²) in [7, 11) is 0. The van der Waals surface area contributed by atoms with Crippen LogP contribution in [0.2, 0.25) is 0 Å². The Morgan fingerprint density at radius 2 is 2.06 bits per heavy atom. The molecule has 0 radical (unpaired) electrons. The number of nitrogens with zero attached hydrogens (tertiary/aromatic N) is 1. The van der Waals surface area contributed by atoms with Gasteiger partial charge in [0.1, 0.15) is 5.69 Å². The first-order valence-corrected chi connectivity index (χ1v) is 5.30. The summed E-state index contributed by atoms with van der Waals surface area (Å²) in [5, 5.41) is 0. The molecule has 2 N–H and O–H groups in total. The summed E-state index contributed by atoms with van der Waals surface area (Å²) < 4.78 is 0. The van der Waals surface area contributed by atoms with Crippen molar-refractivity contribution in [2.24, 2.45) is 0 Å². The lowest BCUT2D eigenvalue weighted by Gasteiger charge is -2.08. The van der Waals surface area contributed by atoms with Crippen molar-refractivity contribution in [1.82, 2.24) is 10.4 Å². The molecule has 4 heteroatoms. The van der Waals surface area contributed by atoms with Crippen LogP contribution < -0.4 is 10.9 Å². The molecular formula is C13H13N3O. The lowest BCUT2D eigenvalue weighted by molar-refractivity contribution is 0.0958. The number of aryl methyl sites for hydroxylation is 1. The first-order valence-electron chi connectivity index (χ1n) is 5.30. The van der Waals surface area contributed by atoms with Crippen molar-refractivity contribution in [3.63, 3.8) is 0 Å². The van der Waals surface area contributed by atoms with E-state index in [9.17, 15) is 4.79 Å². The summed E-state index contributed by atoms with van der Waals surface area (Å²) in [5.74, 6) is -0.257. The summed E-state index contributed by atoms with van der Waals surface area (Å²) in [6.45, 7) is 1.99. The van der Waals surface area contributed by atoms with Gasteiger partial charge in [0.2, 0.25) is 0 Å². The van der Waals surface area contributed by atoms with Crippen LogP contribution in [0.15, 0.2) is 48.7 Å². The van der Waals surface area contributed by atoms with Gasteiger partial charge >= 0.3 is 0 Å². The Hall–Kier alpha value is -2.36. The van der Waals surface area contributed by atoms with Crippen LogP contribution in [0, 0.1) is 6.92 Å². The first kappa shape index (κ1) is 11.1. The van der Waals surface area contributed by atoms with Crippen LogP contribution in [0.1, 0.15) is 16.1 Å². The number of carbonyl (C=O) groups excluding carboxylic acids is 1. The van der Waals surface area contributed by atoms with Crippen LogP contribution in [0.4, 0.5) is 5.69 Å². The van der Waals surface area contributed by atoms with Crippen LogP contribution >= 0.6 is 0 Å². The maximum atomic E-state index is 11.7. The molecular weight excluding hydrogens is 214 g/mol. The topological polar surface area (TPSA) is 54.0 Å². The molecule has 0 bridgehead atoms. The first-order chi connectivity index (χ1) is 8.25. The summed E-state index contributed by atoms with van der Waals surface area (Å²) in [6.07, 6.45) is 1.58. The molecule has 0 aliphatic carbocycles. The molecule has 86 valence electrons. The highest BCUT2D eigenvalue weighted by Crippen LogP contribution is 2.08. The van der Waals surface area contributed by atoms with E-state index in [4.69, 9.17) is 0 Å². The molecule has 0 atom stereocenters. The van der Waals surface area contributed by atoms with Crippen LogP contribution in [-0.4, -0.2) is 10.9 Å². The van der Waals surface area contributed by atoms with Gasteiger partial charge in [-0.05, 0) is 36.8 Å². The van der Waals surface area contributed by atoms with Crippen molar-refractivity contribution in [2.45, 2.75) is 6.92 Å². The Balaban J connectivity index is 1.97. The Bertz CT molecular complexity index is 511. The zero-order chi connectivity index (χ0) is 12.1. The van der Waals surface area contributed by atoms with Crippen molar-refractivity contribution < 1.29 is 4.79 Å². The van der Waals surface area contributed by atoms with Gasteiger partial charge in [-0.3, -0.25) is 20.6 Å². The zero-order valence-corrected chi connectivity index (χ0v) is 9.47. The van der Waals surface area contributed by atoms with Gasteiger partial charge in [0.25, 0.3) is 5.91 Å². The average Bonchev–Trinajstić information content (AvgIpc) is 2.37. The summed E-state index contributed by atoms with van der Waals surface area (Å²) >= 11 is 0. The molecule has 0 saturated carbocycles. The molecule has 1 heterocycles. The third kappa shape index (κ3) is 3.04. The van der Waals surface area contributed by atoms with E-state index in [0.29, 0.717) is 5.69 Å². The molecule has 0 aliphatic heterocycles. The van der Waals surface area contributed by atoms with Crippen molar-refractivity contribution >= 4 is 11.6 Å². The number of nitrogens with one attached hydrogen (secondary N) is 2. The lowest BCUT2D eigenvalue weighted by Crippen LogP contribution is -2.29. The molecule has 1 aromatic heterocycles. The number of aromatic nitrogens is 1. The highest BCUT2D eigenvalue weighted by atomic mass is 16.2. The van der Waals surface area contributed by atoms with E-state index in [1.54, 1.807) is 24.4 Å². The monoisotopic (exact) mass is 227 g/mol. The summed E-state index contributed by atoms with van der Waals surface area (Å²) in [4.78, 5) is 15.6. The fourth-order valence-electron chi connectivity index (χ4n) is 1.41. The van der Waals surface area contributed by atoms with Gasteiger partial charge in [0.15, 0.2) is 0 Å². The van der Waals surface area contributed by atoms with Gasteiger partial charge in [-0.25, -0.2) is 0 Å². The number of amides is 1. The minimum Gasteiger partial charge on any atom is -0.298 e. The fraction of sp³-hybridized carbons (Fsp3) is 0.0769. The van der Waals surface area contributed by atoms with Gasteiger partial charge in [0.05, 0.1) is 5.69 Å². The smallest absolute Gasteiger partial charge is 0.288 e. The predicted molar refractivity (Wildman–Crippen MR) is 66.5 cm³/mol. The normalized spacial score (nSPS) is 9.71. The highest BCUT2D eigenvalue weighted by molar-refractivity contribution is 5.92. The molecule has 0 aliphatic rings. The Morgan fingerprint density at radius 3 is 2.76 bits per heavy atom. The number of carbonyl (C=O) groups is 1. The molecule has 2 aromatic rings. The third-order valence-corrected chi connectivity index (χ3v) is 2.24. The number of hydrogen-bond acceptors (Lipinski definition) is 3. The number of hydrazine groups is 1. The van der Waals surface area contributed by atoms with E-state index in [-0.39, 0.29) is 5.91 Å². The number of anilines is 1. The van der Waals surface area contributed by atoms with Crippen LogP contribution in [0.25, 0.3) is 0 Å². The molecule has 0 saturated heterocycles. The summed E-state index contributed by atoms with van der Waals surface area (Å²) in [5.41, 5.74) is 7.79. The zero-order valence-electron chi connectivity index (χ0n) is 9.47. The number of pyridine rings is 1. The lowest BCUT2D eigenvalue weighted by atomic mass is 10.2. The molecule has 1 aromatic carbocycles. The SMILES string of the molecule is Cc1cccc(NNC(=O)c2ccccn2)c1. The third-order valence-electron chi connectivity index (χ3n) is 2.24. The van der Waals surface area contributed by atoms with Crippen LogP contribution in [0.5, 0.6) is 0 Å². The minimum atomic E-state index is -0.257. The molecule has 2 rings (SSSR count). The van der Waals surface area contributed by atoms with E-state index in [1.165, 1.54) is 0 Å². The molecule has 1 amide bonds. The van der Waals surface area contributed by atoms with Gasteiger partial charge in [-0.2, -0.15) is 0 Å². The van der Waals surface area contributed by atoms with E-state index in [1.807, 2.05) is 31.2 Å². The molecule has 0 fully saturated rings. The van der Waals surface area contributed by atoms with E-state index >= 15 is 0 Å². The van der Waals surface area contributed by atoms with E-state index in [2.05, 4.69) is 15.8 Å². The summed E-state index contributed by atoms with van der Waals surface area (Å²) in [6, 6.07) is 12.9. The quantitative estimate of drug-likeness (QED) is 0.790. The Morgan fingerprint density at radius 1 is 1.18 bits per heavy atom. The van der Waals surface area contributed by atoms with Gasteiger partial charge < -0.3 is 0 Å². The van der Waals surface area contributed by atoms with Crippen LogP contribution in [0.3, 0.4) is 0 Å². The van der Waals surface area contributed by atoms with Gasteiger partial charge in [-0.15, -0.1) is 0 Å². The van der Waals surface area contributed by atoms with Crippen LogP contribution in [-0.2, 0) is 0 Å². The average molecular weight is 227 g/mol. The number of hydrogen-bond donors (Lipinski definition) is 2. The van der Waals surface area contributed by atoms with Crippen molar-refractivity contribution in [1.29, 1.82) is 0 Å². The minimum absolute atomic E-state index is 0.257. The molecule has 17 heavy (non-hydrogen) atoms. The molecule has 0 spiro atoms.